The molecule has 30 heavy (non-hydrogen) atoms. The van der Waals surface area contributed by atoms with Crippen molar-refractivity contribution in [1.82, 2.24) is 5.25 Å². The lowest BCUT2D eigenvalue weighted by atomic mass is 10.1. The normalized spacial score (nSPS) is 12.6. The minimum Gasteiger partial charge on any atom is -0.295 e. The molecule has 0 amide bonds. The Morgan fingerprint density at radius 3 is 1.30 bits per heavy atom. The van der Waals surface area contributed by atoms with Crippen LogP contribution in [0.25, 0.3) is 0 Å². The molecule has 0 saturated heterocycles. The monoisotopic (exact) mass is 449 g/mol. The van der Waals surface area contributed by atoms with Gasteiger partial charge in [-0.25, -0.2) is 4.57 Å². The van der Waals surface area contributed by atoms with Crippen LogP contribution in [0.3, 0.4) is 0 Å². The lowest BCUT2D eigenvalue weighted by molar-refractivity contribution is 0.0523. The van der Waals surface area contributed by atoms with E-state index in [1.54, 1.807) is 0 Å². The summed E-state index contributed by atoms with van der Waals surface area (Å²) in [5.41, 5.74) is 0. The first kappa shape index (κ1) is 30.1. The van der Waals surface area contributed by atoms with Gasteiger partial charge >= 0.3 is 7.75 Å². The van der Waals surface area contributed by atoms with Crippen LogP contribution in [0.2, 0.25) is 0 Å². The van der Waals surface area contributed by atoms with E-state index in [2.05, 4.69) is 46.8 Å². The molecule has 0 radical (unpaired) electrons. The highest BCUT2D eigenvalue weighted by Gasteiger charge is 2.25. The molecule has 0 saturated carbocycles. The maximum atomic E-state index is 13.0. The maximum Gasteiger partial charge on any atom is 0.428 e. The Morgan fingerprint density at radius 1 is 0.567 bits per heavy atom. The molecule has 182 valence electrons. The van der Waals surface area contributed by atoms with Crippen molar-refractivity contribution in [3.8, 4) is 0 Å². The van der Waals surface area contributed by atoms with Crippen LogP contribution >= 0.6 is 7.75 Å². The number of unbranched alkanes of at least 4 members (excludes halogenated alkanes) is 6. The summed E-state index contributed by atoms with van der Waals surface area (Å²) >= 11 is 0. The fourth-order valence-corrected chi connectivity index (χ4v) is 4.32. The Hall–Kier alpha value is 0.0700. The third-order valence-electron chi connectivity index (χ3n) is 5.08. The Bertz CT molecular complexity index is 392. The molecule has 0 aliphatic carbocycles. The largest absolute Gasteiger partial charge is 0.428 e. The third kappa shape index (κ3) is 21.3. The summed E-state index contributed by atoms with van der Waals surface area (Å²) in [7, 11) is -3.40. The van der Waals surface area contributed by atoms with Gasteiger partial charge in [0, 0.05) is 0 Å². The fourth-order valence-electron chi connectivity index (χ4n) is 3.15. The second-order valence-electron chi connectivity index (χ2n) is 9.83. The molecule has 5 nitrogen and oxygen atoms in total. The van der Waals surface area contributed by atoms with Crippen LogP contribution in [0.4, 0.5) is 0 Å². The second kappa shape index (κ2) is 19.7. The number of nitrogens with one attached hydrogen (secondary N) is 1. The van der Waals surface area contributed by atoms with Gasteiger partial charge in [0.2, 0.25) is 0 Å². The van der Waals surface area contributed by atoms with Crippen LogP contribution in [-0.2, 0) is 18.5 Å². The molecule has 0 aliphatic rings. The molecule has 0 fully saturated rings. The number of rotatable bonds is 22. The van der Waals surface area contributed by atoms with Crippen molar-refractivity contribution in [2.75, 3.05) is 19.8 Å². The van der Waals surface area contributed by atoms with Crippen molar-refractivity contribution in [2.45, 2.75) is 119 Å². The predicted octanol–water partition coefficient (Wildman–Crippen LogP) is 8.30. The van der Waals surface area contributed by atoms with Gasteiger partial charge in [-0.2, -0.15) is 0 Å². The molecule has 0 aromatic rings. The summed E-state index contributed by atoms with van der Waals surface area (Å²) in [6, 6.07) is 0. The molecular weight excluding hydrogens is 397 g/mol. The quantitative estimate of drug-likeness (QED) is 0.102. The Kier molecular flexibility index (Phi) is 19.8. The van der Waals surface area contributed by atoms with E-state index in [4.69, 9.17) is 13.9 Å². The van der Waals surface area contributed by atoms with Gasteiger partial charge in [-0.05, 0) is 37.0 Å². The molecule has 0 rings (SSSR count). The van der Waals surface area contributed by atoms with E-state index < -0.39 is 7.75 Å². The van der Waals surface area contributed by atoms with E-state index in [9.17, 15) is 4.57 Å². The van der Waals surface area contributed by atoms with Crippen molar-refractivity contribution in [3.05, 3.63) is 0 Å². The van der Waals surface area contributed by atoms with Crippen molar-refractivity contribution >= 4 is 7.75 Å². The topological polar surface area (TPSA) is 56.8 Å². The average Bonchev–Trinajstić information content (AvgIpc) is 2.66. The van der Waals surface area contributed by atoms with Gasteiger partial charge in [-0.1, -0.05) is 99.3 Å². The van der Waals surface area contributed by atoms with Gasteiger partial charge < -0.3 is 0 Å². The van der Waals surface area contributed by atoms with E-state index in [1.165, 1.54) is 38.5 Å². The summed E-state index contributed by atoms with van der Waals surface area (Å²) < 4.78 is 24.3. The molecule has 0 aromatic heterocycles. The van der Waals surface area contributed by atoms with Crippen LogP contribution in [-0.4, -0.2) is 19.8 Å². The summed E-state index contributed by atoms with van der Waals surface area (Å²) in [4.78, 5) is 5.46. The van der Waals surface area contributed by atoms with E-state index in [0.717, 1.165) is 56.3 Å². The Labute approximate surface area is 187 Å². The minimum absolute atomic E-state index is 0.438. The van der Waals surface area contributed by atoms with Crippen molar-refractivity contribution in [1.29, 1.82) is 0 Å². The van der Waals surface area contributed by atoms with E-state index in [0.29, 0.717) is 19.8 Å². The molecule has 0 atom stereocenters. The second-order valence-corrected chi connectivity index (χ2v) is 11.5. The maximum absolute atomic E-state index is 13.0. The molecule has 0 heterocycles. The summed E-state index contributed by atoms with van der Waals surface area (Å²) in [6.45, 7) is 14.9. The van der Waals surface area contributed by atoms with Gasteiger partial charge in [-0.3, -0.25) is 13.9 Å². The zero-order valence-electron chi connectivity index (χ0n) is 20.9. The average molecular weight is 450 g/mol. The van der Waals surface area contributed by atoms with Crippen LogP contribution in [0, 0.1) is 17.8 Å². The summed E-state index contributed by atoms with van der Waals surface area (Å²) in [5.74, 6) is 2.20. The standard InChI is InChI=1S/C24H52NO4P/c1-22(2)16-10-7-13-19-27-25-30(26,28-20-14-8-11-17-23(3)4)29-21-15-9-12-18-24(5)6/h22-24H,7-21H2,1-6H3,(H,25,26). The Morgan fingerprint density at radius 2 is 0.933 bits per heavy atom. The summed E-state index contributed by atoms with van der Waals surface area (Å²) in [5, 5.41) is 2.63. The van der Waals surface area contributed by atoms with Crippen molar-refractivity contribution in [3.63, 3.8) is 0 Å². The van der Waals surface area contributed by atoms with Gasteiger partial charge in [0.1, 0.15) is 0 Å². The van der Waals surface area contributed by atoms with Crippen LogP contribution in [0.15, 0.2) is 0 Å². The number of hydrogen-bond acceptors (Lipinski definition) is 4. The first-order chi connectivity index (χ1) is 14.2. The highest BCUT2D eigenvalue weighted by Crippen LogP contribution is 2.44. The van der Waals surface area contributed by atoms with E-state index in [1.807, 2.05) is 0 Å². The van der Waals surface area contributed by atoms with Gasteiger partial charge in [0.05, 0.1) is 19.8 Å². The zero-order chi connectivity index (χ0) is 22.7. The molecular formula is C24H52NO4P. The molecule has 0 aliphatic heterocycles. The fraction of sp³-hybridized carbons (Fsp3) is 1.00. The van der Waals surface area contributed by atoms with E-state index in [-0.39, 0.29) is 0 Å². The first-order valence-electron chi connectivity index (χ1n) is 12.5. The highest BCUT2D eigenvalue weighted by molar-refractivity contribution is 7.51. The molecule has 0 unspecified atom stereocenters. The van der Waals surface area contributed by atoms with E-state index >= 15 is 0 Å². The minimum atomic E-state index is -3.40. The number of hydrogen-bond donors (Lipinski definition) is 1. The van der Waals surface area contributed by atoms with Gasteiger partial charge in [-0.15, -0.1) is 5.25 Å². The lowest BCUT2D eigenvalue weighted by Crippen LogP contribution is -2.17. The van der Waals surface area contributed by atoms with Crippen molar-refractivity contribution < 1.29 is 18.5 Å². The molecule has 1 N–H and O–H groups in total. The van der Waals surface area contributed by atoms with Crippen LogP contribution in [0.5, 0.6) is 0 Å². The molecule has 0 spiro atoms. The predicted molar refractivity (Wildman–Crippen MR) is 129 cm³/mol. The SMILES string of the molecule is CC(C)CCCCCONP(=O)(OCCCCCC(C)C)OCCCCCC(C)C. The van der Waals surface area contributed by atoms with Gasteiger partial charge in [0.15, 0.2) is 0 Å². The van der Waals surface area contributed by atoms with Gasteiger partial charge in [0.25, 0.3) is 0 Å². The summed E-state index contributed by atoms with van der Waals surface area (Å²) in [6.07, 6.45) is 13.3. The molecule has 6 heteroatoms. The molecule has 0 bridgehead atoms. The van der Waals surface area contributed by atoms with Crippen molar-refractivity contribution in [2.24, 2.45) is 17.8 Å². The third-order valence-corrected chi connectivity index (χ3v) is 6.48. The van der Waals surface area contributed by atoms with Crippen LogP contribution < -0.4 is 5.25 Å². The molecule has 0 aromatic carbocycles. The van der Waals surface area contributed by atoms with Crippen LogP contribution in [0.1, 0.15) is 119 Å². The highest BCUT2D eigenvalue weighted by atomic mass is 31.2. The smallest absolute Gasteiger partial charge is 0.295 e. The Balaban J connectivity index is 4.14. The first-order valence-corrected chi connectivity index (χ1v) is 14.1. The zero-order valence-corrected chi connectivity index (χ0v) is 21.8. The lowest BCUT2D eigenvalue weighted by Gasteiger charge is -2.19.